The molecule has 0 aliphatic heterocycles. The summed E-state index contributed by atoms with van der Waals surface area (Å²) in [6, 6.07) is 5.37. The van der Waals surface area contributed by atoms with Crippen LogP contribution < -0.4 is 21.3 Å². The van der Waals surface area contributed by atoms with E-state index in [1.807, 2.05) is 6.07 Å². The van der Waals surface area contributed by atoms with Crippen LogP contribution in [0.5, 0.6) is 5.75 Å². The molecule has 0 unspecified atom stereocenters. The van der Waals surface area contributed by atoms with E-state index in [2.05, 4.69) is 36.6 Å². The van der Waals surface area contributed by atoms with Crippen LogP contribution in [0.4, 0.5) is 17.3 Å². The Morgan fingerprint density at radius 2 is 2.05 bits per heavy atom. The number of halogens is 2. The van der Waals surface area contributed by atoms with Gasteiger partial charge >= 0.3 is 0 Å². The van der Waals surface area contributed by atoms with Gasteiger partial charge in [-0.05, 0) is 34.1 Å². The zero-order chi connectivity index (χ0) is 13.8. The fraction of sp³-hybridized carbons (Fsp3) is 0.0909. The Balaban J connectivity index is 2.37. The van der Waals surface area contributed by atoms with Crippen LogP contribution in [0.1, 0.15) is 0 Å². The number of methoxy groups -OCH3 is 1. The summed E-state index contributed by atoms with van der Waals surface area (Å²) in [4.78, 5) is 8.08. The maximum Gasteiger partial charge on any atom is 0.205 e. The number of nitrogen functional groups attached to an aromatic ring is 1. The minimum absolute atomic E-state index is 0.394. The van der Waals surface area contributed by atoms with E-state index in [4.69, 9.17) is 22.2 Å². The molecule has 1 aromatic heterocycles. The maximum absolute atomic E-state index is 5.89. The number of hydrogen-bond acceptors (Lipinski definition) is 6. The molecule has 4 N–H and O–H groups in total. The minimum atomic E-state index is 0.394. The highest BCUT2D eigenvalue weighted by atomic mass is 79.9. The molecule has 0 aliphatic carbocycles. The number of benzene rings is 1. The SMILES string of the molecule is COc1c(NN)ncnc1Nc1ccc(Cl)cc1Br. The Bertz CT molecular complexity index is 595. The number of nitrogens with zero attached hydrogens (tertiary/aromatic N) is 2. The number of rotatable bonds is 4. The first-order valence-corrected chi connectivity index (χ1v) is 6.40. The lowest BCUT2D eigenvalue weighted by atomic mass is 10.3. The average Bonchev–Trinajstić information content (AvgIpc) is 2.41. The monoisotopic (exact) mass is 343 g/mol. The Hall–Kier alpha value is -1.57. The molecule has 6 nitrogen and oxygen atoms in total. The second-order valence-electron chi connectivity index (χ2n) is 3.50. The van der Waals surface area contributed by atoms with Crippen molar-refractivity contribution in [1.82, 2.24) is 9.97 Å². The normalized spacial score (nSPS) is 10.1. The molecule has 0 saturated heterocycles. The molecular formula is C11H11BrClN5O. The highest BCUT2D eigenvalue weighted by Gasteiger charge is 2.12. The molecule has 1 aromatic carbocycles. The maximum atomic E-state index is 5.89. The molecule has 0 radical (unpaired) electrons. The van der Waals surface area contributed by atoms with Crippen molar-refractivity contribution in [1.29, 1.82) is 0 Å². The second kappa shape index (κ2) is 6.05. The summed E-state index contributed by atoms with van der Waals surface area (Å²) in [5, 5.41) is 3.75. The summed E-state index contributed by atoms with van der Waals surface area (Å²) in [5.74, 6) is 6.67. The van der Waals surface area contributed by atoms with Crippen LogP contribution >= 0.6 is 27.5 Å². The summed E-state index contributed by atoms with van der Waals surface area (Å²) in [6.07, 6.45) is 1.38. The van der Waals surface area contributed by atoms with Crippen LogP contribution in [-0.4, -0.2) is 17.1 Å². The van der Waals surface area contributed by atoms with Gasteiger partial charge in [0.1, 0.15) is 6.33 Å². The van der Waals surface area contributed by atoms with Crippen molar-refractivity contribution in [3.63, 3.8) is 0 Å². The molecule has 0 bridgehead atoms. The van der Waals surface area contributed by atoms with Crippen molar-refractivity contribution < 1.29 is 4.74 Å². The molecule has 0 spiro atoms. The Kier molecular flexibility index (Phi) is 4.41. The number of aromatic nitrogens is 2. The molecule has 100 valence electrons. The molecular weight excluding hydrogens is 334 g/mol. The third-order valence-corrected chi connectivity index (χ3v) is 3.22. The van der Waals surface area contributed by atoms with Gasteiger partial charge in [0.2, 0.25) is 5.75 Å². The molecule has 0 saturated carbocycles. The van der Waals surface area contributed by atoms with Gasteiger partial charge in [-0.3, -0.25) is 0 Å². The van der Waals surface area contributed by atoms with E-state index < -0.39 is 0 Å². The van der Waals surface area contributed by atoms with Gasteiger partial charge in [-0.25, -0.2) is 15.8 Å². The van der Waals surface area contributed by atoms with E-state index in [1.165, 1.54) is 13.4 Å². The third kappa shape index (κ3) is 3.06. The fourth-order valence-corrected chi connectivity index (χ4v) is 2.26. The summed E-state index contributed by atoms with van der Waals surface area (Å²) in [7, 11) is 1.52. The largest absolute Gasteiger partial charge is 0.490 e. The number of hydrogen-bond donors (Lipinski definition) is 3. The smallest absolute Gasteiger partial charge is 0.205 e. The van der Waals surface area contributed by atoms with Gasteiger partial charge in [0.15, 0.2) is 11.6 Å². The van der Waals surface area contributed by atoms with E-state index in [0.717, 1.165) is 10.2 Å². The van der Waals surface area contributed by atoms with Crippen LogP contribution in [0.3, 0.4) is 0 Å². The van der Waals surface area contributed by atoms with E-state index in [1.54, 1.807) is 12.1 Å². The van der Waals surface area contributed by atoms with Crippen LogP contribution in [0.2, 0.25) is 5.02 Å². The summed E-state index contributed by atoms with van der Waals surface area (Å²) in [5.41, 5.74) is 3.24. The summed E-state index contributed by atoms with van der Waals surface area (Å²) >= 11 is 9.31. The van der Waals surface area contributed by atoms with E-state index >= 15 is 0 Å². The summed E-state index contributed by atoms with van der Waals surface area (Å²) in [6.45, 7) is 0. The van der Waals surface area contributed by atoms with Crippen molar-refractivity contribution >= 4 is 44.9 Å². The van der Waals surface area contributed by atoms with Crippen LogP contribution in [-0.2, 0) is 0 Å². The van der Waals surface area contributed by atoms with E-state index in [9.17, 15) is 0 Å². The van der Waals surface area contributed by atoms with Crippen LogP contribution in [0.15, 0.2) is 29.0 Å². The lowest BCUT2D eigenvalue weighted by Gasteiger charge is -2.13. The number of ether oxygens (including phenoxy) is 1. The van der Waals surface area contributed by atoms with E-state index in [0.29, 0.717) is 22.4 Å². The zero-order valence-corrected chi connectivity index (χ0v) is 12.3. The van der Waals surface area contributed by atoms with Gasteiger partial charge < -0.3 is 15.5 Å². The Labute approximate surface area is 123 Å². The Morgan fingerprint density at radius 1 is 1.32 bits per heavy atom. The van der Waals surface area contributed by atoms with Crippen LogP contribution in [0, 0.1) is 0 Å². The molecule has 0 aliphatic rings. The summed E-state index contributed by atoms with van der Waals surface area (Å²) < 4.78 is 6.04. The first-order valence-electron chi connectivity index (χ1n) is 5.23. The quantitative estimate of drug-likeness (QED) is 0.584. The lowest BCUT2D eigenvalue weighted by Crippen LogP contribution is -2.11. The fourth-order valence-electron chi connectivity index (χ4n) is 1.48. The van der Waals surface area contributed by atoms with E-state index in [-0.39, 0.29) is 0 Å². The number of hydrazine groups is 1. The van der Waals surface area contributed by atoms with Gasteiger partial charge in [0.25, 0.3) is 0 Å². The van der Waals surface area contributed by atoms with Crippen molar-refractivity contribution in [3.8, 4) is 5.75 Å². The van der Waals surface area contributed by atoms with Crippen molar-refractivity contribution in [3.05, 3.63) is 34.0 Å². The molecule has 8 heteroatoms. The minimum Gasteiger partial charge on any atom is -0.490 e. The number of nitrogens with one attached hydrogen (secondary N) is 2. The zero-order valence-electron chi connectivity index (χ0n) is 9.95. The predicted octanol–water partition coefficient (Wildman–Crippen LogP) is 2.93. The van der Waals surface area contributed by atoms with Gasteiger partial charge in [-0.1, -0.05) is 11.6 Å². The van der Waals surface area contributed by atoms with Crippen LogP contribution in [0.25, 0.3) is 0 Å². The molecule has 0 fully saturated rings. The second-order valence-corrected chi connectivity index (χ2v) is 4.79. The molecule has 1 heterocycles. The molecule has 0 amide bonds. The lowest BCUT2D eigenvalue weighted by molar-refractivity contribution is 0.415. The molecule has 0 atom stereocenters. The van der Waals surface area contributed by atoms with Crippen molar-refractivity contribution in [2.45, 2.75) is 0 Å². The first kappa shape index (κ1) is 13.9. The van der Waals surface area contributed by atoms with Gasteiger partial charge in [0, 0.05) is 9.50 Å². The topological polar surface area (TPSA) is 85.1 Å². The molecule has 2 rings (SSSR count). The molecule has 2 aromatic rings. The van der Waals surface area contributed by atoms with Gasteiger partial charge in [0.05, 0.1) is 12.8 Å². The average molecular weight is 345 g/mol. The highest BCUT2D eigenvalue weighted by molar-refractivity contribution is 9.10. The predicted molar refractivity (Wildman–Crippen MR) is 78.8 cm³/mol. The number of nitrogens with two attached hydrogens (primary N) is 1. The third-order valence-electron chi connectivity index (χ3n) is 2.33. The van der Waals surface area contributed by atoms with Crippen molar-refractivity contribution in [2.75, 3.05) is 17.9 Å². The first-order chi connectivity index (χ1) is 9.15. The Morgan fingerprint density at radius 3 is 2.68 bits per heavy atom. The highest BCUT2D eigenvalue weighted by Crippen LogP contribution is 2.34. The standard InChI is InChI=1S/C11H11BrClN5O/c1-19-9-10(15-5-16-11(9)18-14)17-8-3-2-6(13)4-7(8)12/h2-5H,14H2,1H3,(H2,15,16,17,18). The van der Waals surface area contributed by atoms with Crippen molar-refractivity contribution in [2.24, 2.45) is 5.84 Å². The van der Waals surface area contributed by atoms with Gasteiger partial charge in [-0.15, -0.1) is 0 Å². The van der Waals surface area contributed by atoms with Gasteiger partial charge in [-0.2, -0.15) is 0 Å². The molecule has 19 heavy (non-hydrogen) atoms. The number of anilines is 3.